The first-order valence-electron chi connectivity index (χ1n) is 8.14. The normalized spacial score (nSPS) is 53.7. The Balaban J connectivity index is 1.86. The Kier molecular flexibility index (Phi) is 2.35. The maximum Gasteiger partial charge on any atom is -0.00164 e. The van der Waals surface area contributed by atoms with Crippen LogP contribution in [-0.2, 0) is 0 Å². The lowest BCUT2D eigenvalue weighted by atomic mass is 9.42. The molecule has 18 heavy (non-hydrogen) atoms. The fourth-order valence-electron chi connectivity index (χ4n) is 6.10. The summed E-state index contributed by atoms with van der Waals surface area (Å²) >= 11 is 0. The van der Waals surface area contributed by atoms with Gasteiger partial charge < -0.3 is 0 Å². The molecule has 0 radical (unpaired) electrons. The second kappa shape index (κ2) is 3.74. The molecule has 0 N–H and O–H groups in total. The molecule has 5 atom stereocenters. The number of hydrogen-bond acceptors (Lipinski definition) is 0. The minimum atomic E-state index is 0.561. The average molecular weight is 242 g/mol. The van der Waals surface area contributed by atoms with Crippen LogP contribution in [0.4, 0.5) is 0 Å². The third kappa shape index (κ3) is 1.27. The molecule has 98 valence electrons. The van der Waals surface area contributed by atoms with Crippen molar-refractivity contribution in [3.05, 3.63) is 24.3 Å². The van der Waals surface area contributed by atoms with E-state index in [9.17, 15) is 0 Å². The lowest BCUT2D eigenvalue weighted by Crippen LogP contribution is -2.54. The van der Waals surface area contributed by atoms with Crippen LogP contribution >= 0.6 is 0 Å². The molecule has 4 aliphatic rings. The highest BCUT2D eigenvalue weighted by Crippen LogP contribution is 2.66. The molecule has 4 rings (SSSR count). The second-order valence-corrected chi connectivity index (χ2v) is 7.50. The van der Waals surface area contributed by atoms with Crippen molar-refractivity contribution in [3.8, 4) is 0 Å². The lowest BCUT2D eigenvalue weighted by Gasteiger charge is -2.62. The summed E-state index contributed by atoms with van der Waals surface area (Å²) in [5.41, 5.74) is 1.17. The molecule has 0 amide bonds. The monoisotopic (exact) mass is 242 g/mol. The lowest BCUT2D eigenvalue weighted by molar-refractivity contribution is -0.0571. The Morgan fingerprint density at radius 1 is 1.00 bits per heavy atom. The molecule has 0 aliphatic heterocycles. The van der Waals surface area contributed by atoms with E-state index in [4.69, 9.17) is 0 Å². The summed E-state index contributed by atoms with van der Waals surface area (Å²) in [7, 11) is 0. The molecule has 0 saturated heterocycles. The van der Waals surface area contributed by atoms with Gasteiger partial charge in [-0.15, -0.1) is 0 Å². The molecule has 5 unspecified atom stereocenters. The van der Waals surface area contributed by atoms with Gasteiger partial charge in [-0.05, 0) is 60.7 Å². The molecule has 4 aliphatic carbocycles. The van der Waals surface area contributed by atoms with Crippen molar-refractivity contribution in [1.82, 2.24) is 0 Å². The van der Waals surface area contributed by atoms with Crippen LogP contribution < -0.4 is 0 Å². The van der Waals surface area contributed by atoms with Gasteiger partial charge in [-0.25, -0.2) is 0 Å². The summed E-state index contributed by atoms with van der Waals surface area (Å²) in [4.78, 5) is 0. The number of rotatable bonds is 0. The van der Waals surface area contributed by atoms with E-state index in [-0.39, 0.29) is 0 Å². The summed E-state index contributed by atoms with van der Waals surface area (Å²) in [6, 6.07) is 0. The van der Waals surface area contributed by atoms with Gasteiger partial charge >= 0.3 is 0 Å². The van der Waals surface area contributed by atoms with E-state index in [1.807, 2.05) is 0 Å². The summed E-state index contributed by atoms with van der Waals surface area (Å²) in [6.07, 6.45) is 22.2. The van der Waals surface area contributed by atoms with Gasteiger partial charge in [0.15, 0.2) is 0 Å². The first kappa shape index (κ1) is 11.3. The Hall–Kier alpha value is -0.520. The Bertz CT molecular complexity index is 400. The van der Waals surface area contributed by atoms with E-state index in [0.29, 0.717) is 10.8 Å². The zero-order valence-corrected chi connectivity index (χ0v) is 11.7. The van der Waals surface area contributed by atoms with Gasteiger partial charge in [-0.1, -0.05) is 50.5 Å². The molecule has 1 spiro atoms. The summed E-state index contributed by atoms with van der Waals surface area (Å²) < 4.78 is 0. The smallest absolute Gasteiger partial charge is 0.00164 e. The Labute approximate surface area is 112 Å². The first-order valence-corrected chi connectivity index (χ1v) is 8.14. The standard InChI is InChI=1S/C18H26/c1-14-6-4-11-18-12-5-10-17(13-8-15(14)18)9-3-2-7-16(17)18/h4,8,11,13-16H,2-3,5-7,9-10,12H2,1H3. The van der Waals surface area contributed by atoms with Crippen LogP contribution in [0, 0.1) is 28.6 Å². The molecular weight excluding hydrogens is 216 g/mol. The summed E-state index contributed by atoms with van der Waals surface area (Å²) in [6.45, 7) is 2.48. The van der Waals surface area contributed by atoms with E-state index >= 15 is 0 Å². The van der Waals surface area contributed by atoms with Crippen LogP contribution in [0.1, 0.15) is 58.3 Å². The fraction of sp³-hybridized carbons (Fsp3) is 0.778. The molecule has 0 heteroatoms. The average Bonchev–Trinajstić information content (AvgIpc) is 2.38. The van der Waals surface area contributed by atoms with Crippen LogP contribution in [0.2, 0.25) is 0 Å². The van der Waals surface area contributed by atoms with Gasteiger partial charge in [0.25, 0.3) is 0 Å². The molecule has 0 heterocycles. The van der Waals surface area contributed by atoms with Crippen molar-refractivity contribution < 1.29 is 0 Å². The third-order valence-corrected chi connectivity index (χ3v) is 6.78. The van der Waals surface area contributed by atoms with Crippen LogP contribution in [0.15, 0.2) is 24.3 Å². The Morgan fingerprint density at radius 3 is 2.83 bits per heavy atom. The second-order valence-electron chi connectivity index (χ2n) is 7.50. The largest absolute Gasteiger partial charge is 0.0877 e. The van der Waals surface area contributed by atoms with Gasteiger partial charge in [-0.2, -0.15) is 0 Å². The van der Waals surface area contributed by atoms with Gasteiger partial charge in [-0.3, -0.25) is 0 Å². The van der Waals surface area contributed by atoms with E-state index < -0.39 is 0 Å². The van der Waals surface area contributed by atoms with Crippen LogP contribution in [0.5, 0.6) is 0 Å². The SMILES string of the molecule is CC1CC=CC23CCCC4(C=CC12)CCCCC43. The molecule has 0 aromatic rings. The molecule has 0 aromatic carbocycles. The topological polar surface area (TPSA) is 0 Å². The highest BCUT2D eigenvalue weighted by molar-refractivity contribution is 5.27. The van der Waals surface area contributed by atoms with Crippen molar-refractivity contribution in [2.75, 3.05) is 0 Å². The maximum absolute atomic E-state index is 2.69. The van der Waals surface area contributed by atoms with Crippen molar-refractivity contribution in [2.45, 2.75) is 58.3 Å². The highest BCUT2D eigenvalue weighted by atomic mass is 14.6. The van der Waals surface area contributed by atoms with E-state index in [2.05, 4.69) is 31.2 Å². The minimum absolute atomic E-state index is 0.561. The summed E-state index contributed by atoms with van der Waals surface area (Å²) in [5, 5.41) is 0. The maximum atomic E-state index is 2.69. The number of hydrogen-bond donors (Lipinski definition) is 0. The van der Waals surface area contributed by atoms with Crippen LogP contribution in [0.25, 0.3) is 0 Å². The van der Waals surface area contributed by atoms with Crippen molar-refractivity contribution in [3.63, 3.8) is 0 Å². The van der Waals surface area contributed by atoms with Gasteiger partial charge in [0.05, 0.1) is 0 Å². The van der Waals surface area contributed by atoms with Crippen LogP contribution in [0.3, 0.4) is 0 Å². The minimum Gasteiger partial charge on any atom is -0.0877 e. The number of allylic oxidation sites excluding steroid dienone is 4. The quantitative estimate of drug-likeness (QED) is 0.517. The molecule has 2 bridgehead atoms. The Morgan fingerprint density at radius 2 is 1.89 bits per heavy atom. The first-order chi connectivity index (χ1) is 8.77. The predicted octanol–water partition coefficient (Wildman–Crippen LogP) is 5.12. The molecule has 2 fully saturated rings. The zero-order valence-electron chi connectivity index (χ0n) is 11.7. The van der Waals surface area contributed by atoms with Crippen LogP contribution in [-0.4, -0.2) is 0 Å². The fourth-order valence-corrected chi connectivity index (χ4v) is 6.10. The molecule has 2 saturated carbocycles. The molecular formula is C18H26. The van der Waals surface area contributed by atoms with E-state index in [1.165, 1.54) is 51.4 Å². The van der Waals surface area contributed by atoms with Crippen molar-refractivity contribution in [1.29, 1.82) is 0 Å². The zero-order chi connectivity index (χ0) is 12.2. The van der Waals surface area contributed by atoms with Crippen molar-refractivity contribution >= 4 is 0 Å². The molecule has 0 nitrogen and oxygen atoms in total. The highest BCUT2D eigenvalue weighted by Gasteiger charge is 2.58. The van der Waals surface area contributed by atoms with E-state index in [0.717, 1.165) is 17.8 Å². The summed E-state index contributed by atoms with van der Waals surface area (Å²) in [5.74, 6) is 2.69. The third-order valence-electron chi connectivity index (χ3n) is 6.78. The van der Waals surface area contributed by atoms with Gasteiger partial charge in [0.1, 0.15) is 0 Å². The van der Waals surface area contributed by atoms with Crippen molar-refractivity contribution in [2.24, 2.45) is 28.6 Å². The van der Waals surface area contributed by atoms with Gasteiger partial charge in [0.2, 0.25) is 0 Å². The van der Waals surface area contributed by atoms with E-state index in [1.54, 1.807) is 0 Å². The van der Waals surface area contributed by atoms with Gasteiger partial charge in [0, 0.05) is 0 Å². The predicted molar refractivity (Wildman–Crippen MR) is 76.2 cm³/mol. The molecule has 0 aromatic heterocycles.